The van der Waals surface area contributed by atoms with Gasteiger partial charge in [0.2, 0.25) is 5.91 Å². The number of hydrogen-bond donors (Lipinski definition) is 1. The van der Waals surface area contributed by atoms with Gasteiger partial charge in [0.15, 0.2) is 0 Å². The van der Waals surface area contributed by atoms with Crippen LogP contribution in [0.5, 0.6) is 0 Å². The maximum Gasteiger partial charge on any atom is 0.240 e. The smallest absolute Gasteiger partial charge is 0.240 e. The fourth-order valence-electron chi connectivity index (χ4n) is 2.76. The molecule has 1 N–H and O–H groups in total. The minimum Gasteiger partial charge on any atom is -0.350 e. The Hall–Kier alpha value is -2.56. The summed E-state index contributed by atoms with van der Waals surface area (Å²) in [7, 11) is 0. The van der Waals surface area contributed by atoms with Crippen molar-refractivity contribution in [3.8, 4) is 0 Å². The van der Waals surface area contributed by atoms with Crippen LogP contribution >= 0.6 is 0 Å². The van der Waals surface area contributed by atoms with Gasteiger partial charge in [-0.1, -0.05) is 18.2 Å². The van der Waals surface area contributed by atoms with Crippen LogP contribution in [0.1, 0.15) is 12.6 Å². The van der Waals surface area contributed by atoms with Crippen molar-refractivity contribution in [3.05, 3.63) is 54.5 Å². The third-order valence-corrected chi connectivity index (χ3v) is 3.75. The van der Waals surface area contributed by atoms with Crippen LogP contribution in [0.3, 0.4) is 0 Å². The van der Waals surface area contributed by atoms with Crippen LogP contribution < -0.4 is 5.32 Å². The normalized spacial score (nSPS) is 12.5. The summed E-state index contributed by atoms with van der Waals surface area (Å²) in [6.45, 7) is 5.02. The predicted molar refractivity (Wildman–Crippen MR) is 86.5 cm³/mol. The minimum absolute atomic E-state index is 0.0177. The molecule has 1 unspecified atom stereocenters. The van der Waals surface area contributed by atoms with Crippen molar-refractivity contribution >= 4 is 16.8 Å². The molecule has 3 aromatic rings. The Labute approximate surface area is 129 Å². The first kappa shape index (κ1) is 14.4. The number of amides is 1. The Morgan fingerprint density at radius 2 is 2.14 bits per heavy atom. The van der Waals surface area contributed by atoms with Crippen LogP contribution in [0.25, 0.3) is 10.9 Å². The highest BCUT2D eigenvalue weighted by Gasteiger charge is 2.12. The lowest BCUT2D eigenvalue weighted by molar-refractivity contribution is -0.122. The zero-order chi connectivity index (χ0) is 15.5. The number of hydrogen-bond acceptors (Lipinski definition) is 2. The van der Waals surface area contributed by atoms with Gasteiger partial charge in [0, 0.05) is 29.6 Å². The van der Waals surface area contributed by atoms with E-state index in [1.54, 1.807) is 6.20 Å². The largest absolute Gasteiger partial charge is 0.350 e. The maximum atomic E-state index is 12.3. The van der Waals surface area contributed by atoms with E-state index in [1.165, 1.54) is 0 Å². The van der Waals surface area contributed by atoms with E-state index in [-0.39, 0.29) is 11.9 Å². The van der Waals surface area contributed by atoms with Gasteiger partial charge in [-0.05, 0) is 37.4 Å². The number of aryl methyl sites for hydroxylation is 1. The highest BCUT2D eigenvalue weighted by Crippen LogP contribution is 2.18. The molecule has 0 radical (unpaired) electrons. The van der Waals surface area contributed by atoms with Crippen molar-refractivity contribution in [2.24, 2.45) is 0 Å². The second-order valence-electron chi connectivity index (χ2n) is 5.63. The topological polar surface area (TPSA) is 51.9 Å². The predicted octanol–water partition coefficient (Wildman–Crippen LogP) is 2.35. The van der Waals surface area contributed by atoms with E-state index >= 15 is 0 Å². The van der Waals surface area contributed by atoms with E-state index in [0.717, 1.165) is 16.6 Å². The Kier molecular flexibility index (Phi) is 3.96. The molecule has 0 aliphatic rings. The third kappa shape index (κ3) is 3.03. The first-order valence-electron chi connectivity index (χ1n) is 7.45. The summed E-state index contributed by atoms with van der Waals surface area (Å²) in [5.74, 6) is 0.0177. The molecule has 2 aromatic heterocycles. The fourth-order valence-corrected chi connectivity index (χ4v) is 2.76. The lowest BCUT2D eigenvalue weighted by Crippen LogP contribution is -2.37. The molecule has 0 saturated carbocycles. The Morgan fingerprint density at radius 3 is 2.91 bits per heavy atom. The first-order chi connectivity index (χ1) is 10.6. The van der Waals surface area contributed by atoms with Gasteiger partial charge in [-0.2, -0.15) is 5.10 Å². The van der Waals surface area contributed by atoms with E-state index < -0.39 is 0 Å². The van der Waals surface area contributed by atoms with Crippen LogP contribution in [-0.4, -0.2) is 26.3 Å². The number of fused-ring (bicyclic) bond motifs is 1. The third-order valence-electron chi connectivity index (χ3n) is 3.75. The molecule has 2 heterocycles. The zero-order valence-corrected chi connectivity index (χ0v) is 12.9. The number of benzene rings is 1. The fraction of sp³-hybridized carbons (Fsp3) is 0.294. The van der Waals surface area contributed by atoms with Gasteiger partial charge >= 0.3 is 0 Å². The number of nitrogens with one attached hydrogen (secondary N) is 1. The summed E-state index contributed by atoms with van der Waals surface area (Å²) in [5.41, 5.74) is 2.19. The molecule has 5 heteroatoms. The molecular formula is C17H20N4O. The molecule has 114 valence electrons. The number of para-hydroxylation sites is 1. The highest BCUT2D eigenvalue weighted by atomic mass is 16.2. The van der Waals surface area contributed by atoms with Gasteiger partial charge in [0.05, 0.1) is 6.54 Å². The molecule has 1 atom stereocenters. The summed E-state index contributed by atoms with van der Waals surface area (Å²) in [6.07, 6.45) is 3.64. The summed E-state index contributed by atoms with van der Waals surface area (Å²) in [5, 5.41) is 8.35. The summed E-state index contributed by atoms with van der Waals surface area (Å²) >= 11 is 0. The number of carbonyl (C=O) groups excluding carboxylic acids is 1. The zero-order valence-electron chi connectivity index (χ0n) is 12.9. The molecule has 0 aliphatic heterocycles. The van der Waals surface area contributed by atoms with Crippen molar-refractivity contribution in [3.63, 3.8) is 0 Å². The van der Waals surface area contributed by atoms with E-state index in [9.17, 15) is 4.79 Å². The molecule has 0 bridgehead atoms. The van der Waals surface area contributed by atoms with Crippen molar-refractivity contribution in [1.82, 2.24) is 19.7 Å². The van der Waals surface area contributed by atoms with Crippen molar-refractivity contribution in [2.75, 3.05) is 0 Å². The minimum atomic E-state index is 0.0177. The summed E-state index contributed by atoms with van der Waals surface area (Å²) in [4.78, 5) is 12.3. The van der Waals surface area contributed by atoms with Crippen molar-refractivity contribution < 1.29 is 4.79 Å². The average Bonchev–Trinajstić information content (AvgIpc) is 3.08. The molecule has 0 fully saturated rings. The molecule has 3 rings (SSSR count). The average molecular weight is 296 g/mol. The van der Waals surface area contributed by atoms with Crippen LogP contribution in [0.15, 0.2) is 48.8 Å². The van der Waals surface area contributed by atoms with Gasteiger partial charge in [-0.15, -0.1) is 0 Å². The summed E-state index contributed by atoms with van der Waals surface area (Å²) < 4.78 is 3.87. The van der Waals surface area contributed by atoms with E-state index in [4.69, 9.17) is 0 Å². The van der Waals surface area contributed by atoms with Crippen molar-refractivity contribution in [1.29, 1.82) is 0 Å². The molecular weight excluding hydrogens is 276 g/mol. The molecule has 0 aliphatic carbocycles. The number of nitrogens with zero attached hydrogens (tertiary/aromatic N) is 3. The standard InChI is InChI=1S/C17H20N4O/c1-13(11-20-9-5-8-18-20)19-17(22)12-21-14(2)10-15-6-3-4-7-16(15)21/h3-10,13H,11-12H2,1-2H3,(H,19,22). The van der Waals surface area contributed by atoms with Gasteiger partial charge < -0.3 is 9.88 Å². The van der Waals surface area contributed by atoms with Crippen LogP contribution in [0, 0.1) is 6.92 Å². The SMILES string of the molecule is Cc1cc2ccccc2n1CC(=O)NC(C)Cn1cccn1. The lowest BCUT2D eigenvalue weighted by atomic mass is 10.2. The molecule has 0 spiro atoms. The van der Waals surface area contributed by atoms with Crippen molar-refractivity contribution in [2.45, 2.75) is 33.0 Å². The van der Waals surface area contributed by atoms with E-state index in [1.807, 2.05) is 53.6 Å². The van der Waals surface area contributed by atoms with Gasteiger partial charge in [0.1, 0.15) is 6.54 Å². The number of rotatable bonds is 5. The lowest BCUT2D eigenvalue weighted by Gasteiger charge is -2.15. The van der Waals surface area contributed by atoms with E-state index in [0.29, 0.717) is 13.1 Å². The Morgan fingerprint density at radius 1 is 1.32 bits per heavy atom. The Bertz CT molecular complexity index is 773. The maximum absolute atomic E-state index is 12.3. The second-order valence-corrected chi connectivity index (χ2v) is 5.63. The molecule has 22 heavy (non-hydrogen) atoms. The monoisotopic (exact) mass is 296 g/mol. The van der Waals surface area contributed by atoms with Gasteiger partial charge in [-0.3, -0.25) is 9.48 Å². The Balaban J connectivity index is 1.67. The van der Waals surface area contributed by atoms with Gasteiger partial charge in [0.25, 0.3) is 0 Å². The number of carbonyl (C=O) groups is 1. The number of aromatic nitrogens is 3. The van der Waals surface area contributed by atoms with E-state index in [2.05, 4.69) is 22.5 Å². The van der Waals surface area contributed by atoms with Gasteiger partial charge in [-0.25, -0.2) is 0 Å². The van der Waals surface area contributed by atoms with Crippen LogP contribution in [-0.2, 0) is 17.9 Å². The van der Waals surface area contributed by atoms with Crippen LogP contribution in [0.4, 0.5) is 0 Å². The summed E-state index contributed by atoms with van der Waals surface area (Å²) in [6, 6.07) is 12.1. The highest BCUT2D eigenvalue weighted by molar-refractivity contribution is 5.84. The molecule has 5 nitrogen and oxygen atoms in total. The quantitative estimate of drug-likeness (QED) is 0.786. The molecule has 1 amide bonds. The molecule has 1 aromatic carbocycles. The van der Waals surface area contributed by atoms with Crippen LogP contribution in [0.2, 0.25) is 0 Å². The second kappa shape index (κ2) is 6.05. The molecule has 0 saturated heterocycles. The first-order valence-corrected chi connectivity index (χ1v) is 7.45.